The van der Waals surface area contributed by atoms with Crippen molar-refractivity contribution in [3.05, 3.63) is 97.2 Å². The van der Waals surface area contributed by atoms with Gasteiger partial charge >= 0.3 is 0 Å². The van der Waals surface area contributed by atoms with Crippen LogP contribution in [0.25, 0.3) is 0 Å². The molecule has 1 rings (SSSR count). The summed E-state index contributed by atoms with van der Waals surface area (Å²) in [7, 11) is 0. The summed E-state index contributed by atoms with van der Waals surface area (Å²) in [5, 5.41) is 54.9. The van der Waals surface area contributed by atoms with E-state index in [-0.39, 0.29) is 12.5 Å². The fraction of sp³-hybridized carbons (Fsp3) is 0.800. The van der Waals surface area contributed by atoms with E-state index in [9.17, 15) is 30.3 Å². The largest absolute Gasteiger partial charge is 0.394 e. The minimum absolute atomic E-state index is 0.181. The van der Waals surface area contributed by atoms with Gasteiger partial charge in [-0.1, -0.05) is 387 Å². The SMILES string of the molecule is CC/C=C\C/C=C\C/C=C\C/C=C\C/C=C\C/C=C\CCCCCCCCCCCCCCCCCCCCCCCCC(=O)NC(COC1OC(CO)C(O)C(O)C1O)C(O)/C=C/CC/C=C/CCCCCCCCCCCCCCCCCCCCCCCCCC. The fourth-order valence-corrected chi connectivity index (χ4v) is 12.7. The molecule has 0 saturated carbocycles. The number of rotatable bonds is 71. The van der Waals surface area contributed by atoms with E-state index in [2.05, 4.69) is 104 Å². The molecule has 7 unspecified atom stereocenters. The lowest BCUT2D eigenvalue weighted by Gasteiger charge is -2.40. The Morgan fingerprint density at radius 3 is 1.02 bits per heavy atom. The van der Waals surface area contributed by atoms with Crippen LogP contribution >= 0.6 is 0 Å². The highest BCUT2D eigenvalue weighted by Crippen LogP contribution is 2.24. The smallest absolute Gasteiger partial charge is 0.220 e. The molecule has 0 spiro atoms. The number of hydrogen-bond acceptors (Lipinski definition) is 8. The van der Waals surface area contributed by atoms with Crippen LogP contribution in [0.2, 0.25) is 0 Å². The number of aliphatic hydroxyl groups is 5. The number of hydrogen-bond donors (Lipinski definition) is 6. The zero-order valence-electron chi connectivity index (χ0n) is 61.5. The summed E-state index contributed by atoms with van der Waals surface area (Å²) < 4.78 is 11.3. The zero-order chi connectivity index (χ0) is 67.8. The molecule has 1 heterocycles. The van der Waals surface area contributed by atoms with E-state index in [1.165, 1.54) is 283 Å². The van der Waals surface area contributed by atoms with Crippen LogP contribution in [0.3, 0.4) is 0 Å². The summed E-state index contributed by atoms with van der Waals surface area (Å²) >= 11 is 0. The van der Waals surface area contributed by atoms with Gasteiger partial charge in [0.2, 0.25) is 5.91 Å². The third kappa shape index (κ3) is 60.3. The van der Waals surface area contributed by atoms with Crippen LogP contribution in [-0.4, -0.2) is 87.5 Å². The number of allylic oxidation sites excluding steroid dienone is 15. The first-order chi connectivity index (χ1) is 46.3. The molecule has 7 atom stereocenters. The second-order valence-electron chi connectivity index (χ2n) is 27.8. The zero-order valence-corrected chi connectivity index (χ0v) is 61.5. The van der Waals surface area contributed by atoms with E-state index < -0.39 is 49.5 Å². The van der Waals surface area contributed by atoms with E-state index in [0.29, 0.717) is 6.42 Å². The highest BCUT2D eigenvalue weighted by atomic mass is 16.7. The molecule has 0 aliphatic carbocycles. The Morgan fingerprint density at radius 1 is 0.372 bits per heavy atom. The van der Waals surface area contributed by atoms with Gasteiger partial charge in [-0.3, -0.25) is 4.79 Å². The van der Waals surface area contributed by atoms with Crippen molar-refractivity contribution in [3.63, 3.8) is 0 Å². The maximum atomic E-state index is 13.2. The van der Waals surface area contributed by atoms with Crippen molar-refractivity contribution in [1.82, 2.24) is 5.32 Å². The molecule has 0 aromatic heterocycles. The van der Waals surface area contributed by atoms with Crippen LogP contribution in [0.5, 0.6) is 0 Å². The average molecular weight is 1320 g/mol. The number of aliphatic hydroxyl groups excluding tert-OH is 5. The second-order valence-corrected chi connectivity index (χ2v) is 27.8. The molecule has 0 radical (unpaired) electrons. The van der Waals surface area contributed by atoms with Gasteiger partial charge in [0.05, 0.1) is 25.4 Å². The molecule has 1 fully saturated rings. The first-order valence-electron chi connectivity index (χ1n) is 40.5. The van der Waals surface area contributed by atoms with Gasteiger partial charge in [-0.25, -0.2) is 0 Å². The third-order valence-corrected chi connectivity index (χ3v) is 18.9. The monoisotopic (exact) mass is 1320 g/mol. The molecule has 94 heavy (non-hydrogen) atoms. The number of unbranched alkanes of at least 4 members (excludes halogenated alkanes) is 47. The first-order valence-corrected chi connectivity index (χ1v) is 40.5. The molecule has 1 aliphatic heterocycles. The third-order valence-electron chi connectivity index (χ3n) is 18.9. The molecule has 0 aromatic rings. The molecule has 6 N–H and O–H groups in total. The normalized spacial score (nSPS) is 18.1. The minimum atomic E-state index is -1.58. The van der Waals surface area contributed by atoms with Crippen molar-refractivity contribution in [2.24, 2.45) is 0 Å². The van der Waals surface area contributed by atoms with Gasteiger partial charge in [0.1, 0.15) is 24.4 Å². The lowest BCUT2D eigenvalue weighted by Crippen LogP contribution is -2.60. The maximum Gasteiger partial charge on any atom is 0.220 e. The first kappa shape index (κ1) is 89.1. The van der Waals surface area contributed by atoms with Gasteiger partial charge in [0, 0.05) is 6.42 Å². The molecule has 546 valence electrons. The Morgan fingerprint density at radius 2 is 0.670 bits per heavy atom. The Balaban J connectivity index is 2.07. The van der Waals surface area contributed by atoms with Crippen molar-refractivity contribution in [3.8, 4) is 0 Å². The van der Waals surface area contributed by atoms with Crippen molar-refractivity contribution < 1.29 is 39.8 Å². The molecule has 0 aromatic carbocycles. The Labute approximate surface area is 581 Å². The van der Waals surface area contributed by atoms with Crippen LogP contribution in [0.15, 0.2) is 97.2 Å². The summed E-state index contributed by atoms with van der Waals surface area (Å²) in [6, 6.07) is -0.826. The molecule has 1 aliphatic rings. The predicted molar refractivity (Wildman–Crippen MR) is 405 cm³/mol. The average Bonchev–Trinajstić information content (AvgIpc) is 0.831. The van der Waals surface area contributed by atoms with E-state index in [1.54, 1.807) is 6.08 Å². The molecule has 9 nitrogen and oxygen atoms in total. The van der Waals surface area contributed by atoms with Crippen molar-refractivity contribution in [1.29, 1.82) is 0 Å². The Kier molecular flexibility index (Phi) is 69.1. The van der Waals surface area contributed by atoms with E-state index >= 15 is 0 Å². The van der Waals surface area contributed by atoms with E-state index in [4.69, 9.17) is 9.47 Å². The van der Waals surface area contributed by atoms with Gasteiger partial charge in [0.15, 0.2) is 6.29 Å². The minimum Gasteiger partial charge on any atom is -0.394 e. The summed E-state index contributed by atoms with van der Waals surface area (Å²) in [6.07, 6.45) is 99.9. The maximum absolute atomic E-state index is 13.2. The van der Waals surface area contributed by atoms with Crippen LogP contribution in [0.1, 0.15) is 380 Å². The van der Waals surface area contributed by atoms with Crippen molar-refractivity contribution in [2.45, 2.75) is 423 Å². The number of ether oxygens (including phenoxy) is 2. The Bertz CT molecular complexity index is 1820. The van der Waals surface area contributed by atoms with E-state index in [1.807, 2.05) is 6.08 Å². The van der Waals surface area contributed by atoms with Gasteiger partial charge in [-0.15, -0.1) is 0 Å². The lowest BCUT2D eigenvalue weighted by molar-refractivity contribution is -0.302. The number of amides is 1. The molecule has 9 heteroatoms. The summed E-state index contributed by atoms with van der Waals surface area (Å²) in [5.74, 6) is -0.181. The molecular weight excluding hydrogens is 1160 g/mol. The number of carbonyl (C=O) groups excluding carboxylic acids is 1. The molecule has 1 saturated heterocycles. The number of carbonyl (C=O) groups is 1. The second kappa shape index (κ2) is 72.8. The molecule has 0 bridgehead atoms. The summed E-state index contributed by atoms with van der Waals surface area (Å²) in [6.45, 7) is 3.70. The van der Waals surface area contributed by atoms with Crippen molar-refractivity contribution >= 4 is 5.91 Å². The summed E-state index contributed by atoms with van der Waals surface area (Å²) in [4.78, 5) is 13.2. The summed E-state index contributed by atoms with van der Waals surface area (Å²) in [5.41, 5.74) is 0. The standard InChI is InChI=1S/C85H153NO8/c1-3-5-7-9-11-13-15-17-19-21-23-25-27-29-31-33-35-36-37-38-39-40-41-42-43-44-45-47-49-51-53-55-57-59-61-63-65-67-69-71-73-75-81(89)86-78(77-93-85-84(92)83(91)82(90)80(76-87)94-85)79(88)74-72-70-68-66-64-62-60-58-56-54-52-50-48-46-34-32-30-28-26-24-22-20-18-16-14-12-10-8-6-4-2/h5,7,11,13,17,19,23,25,29,31,35-36,64,66,72,74,78-80,82-85,87-88,90-92H,3-4,6,8-10,12,14-16,18,20-22,24,26-28,30,32-34,37-63,65,67-71,73,75-77H2,1-2H3,(H,86,89)/b7-5-,13-11-,19-17-,25-23-,31-29-,36-35-,66-64+,74-72+. The topological polar surface area (TPSA) is 149 Å². The van der Waals surface area contributed by atoms with E-state index in [0.717, 1.165) is 77.0 Å². The molecule has 1 amide bonds. The fourth-order valence-electron chi connectivity index (χ4n) is 12.7. The van der Waals surface area contributed by atoms with Gasteiger partial charge in [-0.05, 0) is 83.5 Å². The highest BCUT2D eigenvalue weighted by molar-refractivity contribution is 5.76. The van der Waals surface area contributed by atoms with Crippen LogP contribution < -0.4 is 5.32 Å². The Hall–Kier alpha value is -2.89. The molecular formula is C85H153NO8. The van der Waals surface area contributed by atoms with Gasteiger partial charge < -0.3 is 40.3 Å². The predicted octanol–water partition coefficient (Wildman–Crippen LogP) is 23.4. The quantitative estimate of drug-likeness (QED) is 0.0261. The van der Waals surface area contributed by atoms with Gasteiger partial charge in [0.25, 0.3) is 0 Å². The van der Waals surface area contributed by atoms with Crippen LogP contribution in [0, 0.1) is 0 Å². The highest BCUT2D eigenvalue weighted by Gasteiger charge is 2.44. The number of nitrogens with one attached hydrogen (secondary N) is 1. The van der Waals surface area contributed by atoms with Crippen LogP contribution in [-0.2, 0) is 14.3 Å². The van der Waals surface area contributed by atoms with Crippen LogP contribution in [0.4, 0.5) is 0 Å². The van der Waals surface area contributed by atoms with Gasteiger partial charge in [-0.2, -0.15) is 0 Å². The van der Waals surface area contributed by atoms with Crippen molar-refractivity contribution in [2.75, 3.05) is 13.2 Å². The lowest BCUT2D eigenvalue weighted by atomic mass is 9.99.